The Hall–Kier alpha value is -2.68. The lowest BCUT2D eigenvalue weighted by atomic mass is 10.1. The average molecular weight is 325 g/mol. The van der Waals surface area contributed by atoms with Gasteiger partial charge in [-0.15, -0.1) is 0 Å². The van der Waals surface area contributed by atoms with Crippen LogP contribution in [0.1, 0.15) is 48.8 Å². The Labute approximate surface area is 139 Å². The van der Waals surface area contributed by atoms with Gasteiger partial charge in [0, 0.05) is 13.0 Å². The zero-order valence-electron chi connectivity index (χ0n) is 13.6. The number of benzene rings is 1. The molecule has 0 unspecified atom stereocenters. The second-order valence-corrected chi connectivity index (χ2v) is 6.06. The number of hydrogen-bond donors (Lipinski definition) is 0. The molecule has 124 valence electrons. The molecule has 0 amide bonds. The van der Waals surface area contributed by atoms with Crippen LogP contribution in [0.3, 0.4) is 0 Å². The predicted molar refractivity (Wildman–Crippen MR) is 88.7 cm³/mol. The lowest BCUT2D eigenvalue weighted by Crippen LogP contribution is -2.26. The molecule has 1 aromatic heterocycles. The molecule has 6 nitrogen and oxygen atoms in total. The van der Waals surface area contributed by atoms with Crippen molar-refractivity contribution >= 4 is 16.9 Å². The van der Waals surface area contributed by atoms with Crippen LogP contribution in [0.15, 0.2) is 23.0 Å². The number of carbonyl (C=O) groups excluding carboxylic acids is 1. The zero-order valence-corrected chi connectivity index (χ0v) is 13.6. The Kier molecular flexibility index (Phi) is 4.61. The summed E-state index contributed by atoms with van der Waals surface area (Å²) >= 11 is 0. The van der Waals surface area contributed by atoms with Crippen molar-refractivity contribution in [1.29, 1.82) is 5.26 Å². The Morgan fingerprint density at radius 3 is 2.92 bits per heavy atom. The van der Waals surface area contributed by atoms with Gasteiger partial charge in [0.25, 0.3) is 5.56 Å². The van der Waals surface area contributed by atoms with Crippen molar-refractivity contribution in [2.75, 3.05) is 0 Å². The minimum atomic E-state index is -0.817. The Bertz CT molecular complexity index is 879. The van der Waals surface area contributed by atoms with Gasteiger partial charge in [0.1, 0.15) is 11.9 Å². The maximum Gasteiger partial charge on any atom is 0.339 e. The van der Waals surface area contributed by atoms with Crippen LogP contribution in [-0.4, -0.2) is 21.6 Å². The SMILES string of the molecule is C[C@H](C#N)OC(=O)c1ccc2c(=O)n3c(nc2c1)CCCCCC3. The predicted octanol–water partition coefficient (Wildman–Crippen LogP) is 2.58. The molecular formula is C18H19N3O3. The number of fused-ring (bicyclic) bond motifs is 2. The first-order chi connectivity index (χ1) is 11.6. The van der Waals surface area contributed by atoms with Crippen molar-refractivity contribution in [2.45, 2.75) is 51.7 Å². The third-order valence-electron chi connectivity index (χ3n) is 4.27. The van der Waals surface area contributed by atoms with E-state index in [1.807, 2.05) is 6.07 Å². The quantitative estimate of drug-likeness (QED) is 0.792. The molecule has 2 aromatic rings. The third-order valence-corrected chi connectivity index (χ3v) is 4.27. The minimum Gasteiger partial charge on any atom is -0.444 e. The largest absolute Gasteiger partial charge is 0.444 e. The number of ether oxygens (including phenoxy) is 1. The molecule has 2 heterocycles. The van der Waals surface area contributed by atoms with E-state index in [9.17, 15) is 9.59 Å². The van der Waals surface area contributed by atoms with Crippen molar-refractivity contribution in [3.63, 3.8) is 0 Å². The van der Waals surface area contributed by atoms with E-state index in [0.717, 1.165) is 37.9 Å². The van der Waals surface area contributed by atoms with Crippen LogP contribution < -0.4 is 5.56 Å². The highest BCUT2D eigenvalue weighted by Gasteiger charge is 2.16. The highest BCUT2D eigenvalue weighted by Crippen LogP contribution is 2.17. The van der Waals surface area contributed by atoms with Gasteiger partial charge in [0.15, 0.2) is 6.10 Å². The number of hydrogen-bond acceptors (Lipinski definition) is 5. The fraction of sp³-hybridized carbons (Fsp3) is 0.444. The number of esters is 1. The van der Waals surface area contributed by atoms with Crippen molar-refractivity contribution in [3.05, 3.63) is 39.9 Å². The van der Waals surface area contributed by atoms with Crippen molar-refractivity contribution < 1.29 is 9.53 Å². The van der Waals surface area contributed by atoms with Crippen LogP contribution >= 0.6 is 0 Å². The Balaban J connectivity index is 2.04. The molecular weight excluding hydrogens is 306 g/mol. The molecule has 0 radical (unpaired) electrons. The van der Waals surface area contributed by atoms with Gasteiger partial charge in [-0.25, -0.2) is 9.78 Å². The van der Waals surface area contributed by atoms with Crippen LogP contribution in [0.2, 0.25) is 0 Å². The number of nitriles is 1. The number of aryl methyl sites for hydroxylation is 1. The lowest BCUT2D eigenvalue weighted by molar-refractivity contribution is 0.0435. The molecule has 0 N–H and O–H groups in total. The van der Waals surface area contributed by atoms with Crippen molar-refractivity contribution in [2.24, 2.45) is 0 Å². The standard InChI is InChI=1S/C18H19N3O3/c1-12(11-19)24-18(23)13-7-8-14-15(10-13)20-16-6-4-2-3-5-9-21(16)17(14)22/h7-8,10,12H,2-6,9H2,1H3/t12-/m1/s1. The summed E-state index contributed by atoms with van der Waals surface area (Å²) in [5.41, 5.74) is 0.750. The first-order valence-corrected chi connectivity index (χ1v) is 8.24. The molecule has 1 aliphatic rings. The second kappa shape index (κ2) is 6.83. The summed E-state index contributed by atoms with van der Waals surface area (Å²) in [6.07, 6.45) is 4.22. The van der Waals surface area contributed by atoms with E-state index in [0.29, 0.717) is 23.0 Å². The van der Waals surface area contributed by atoms with Gasteiger partial charge in [-0.1, -0.05) is 12.8 Å². The highest BCUT2D eigenvalue weighted by molar-refractivity contribution is 5.94. The topological polar surface area (TPSA) is 85.0 Å². The van der Waals surface area contributed by atoms with E-state index in [4.69, 9.17) is 10.00 Å². The summed E-state index contributed by atoms with van der Waals surface area (Å²) in [4.78, 5) is 29.4. The number of carbonyl (C=O) groups is 1. The summed E-state index contributed by atoms with van der Waals surface area (Å²) < 4.78 is 6.76. The summed E-state index contributed by atoms with van der Waals surface area (Å²) in [7, 11) is 0. The van der Waals surface area contributed by atoms with Crippen LogP contribution in [0, 0.1) is 11.3 Å². The van der Waals surface area contributed by atoms with Crippen LogP contribution in [-0.2, 0) is 17.7 Å². The molecule has 0 saturated heterocycles. The van der Waals surface area contributed by atoms with Crippen LogP contribution in [0.4, 0.5) is 0 Å². The summed E-state index contributed by atoms with van der Waals surface area (Å²) in [5.74, 6) is 0.197. The Morgan fingerprint density at radius 1 is 1.33 bits per heavy atom. The average Bonchev–Trinajstić information content (AvgIpc) is 2.56. The molecule has 0 fully saturated rings. The van der Waals surface area contributed by atoms with Gasteiger partial charge in [-0.3, -0.25) is 9.36 Å². The molecule has 3 rings (SSSR count). The molecule has 1 atom stereocenters. The van der Waals surface area contributed by atoms with Crippen LogP contribution in [0.25, 0.3) is 10.9 Å². The van der Waals surface area contributed by atoms with Gasteiger partial charge in [-0.2, -0.15) is 5.26 Å². The van der Waals surface area contributed by atoms with E-state index in [-0.39, 0.29) is 5.56 Å². The maximum atomic E-state index is 12.7. The summed E-state index contributed by atoms with van der Waals surface area (Å²) in [6.45, 7) is 2.20. The second-order valence-electron chi connectivity index (χ2n) is 6.06. The molecule has 0 bridgehead atoms. The number of rotatable bonds is 2. The van der Waals surface area contributed by atoms with E-state index in [1.54, 1.807) is 22.8 Å². The van der Waals surface area contributed by atoms with Gasteiger partial charge in [0.05, 0.1) is 16.5 Å². The molecule has 0 spiro atoms. The maximum absolute atomic E-state index is 12.7. The monoisotopic (exact) mass is 325 g/mol. The lowest BCUT2D eigenvalue weighted by Gasteiger charge is -2.16. The fourth-order valence-corrected chi connectivity index (χ4v) is 2.98. The minimum absolute atomic E-state index is 0.0535. The molecule has 24 heavy (non-hydrogen) atoms. The van der Waals surface area contributed by atoms with E-state index < -0.39 is 12.1 Å². The smallest absolute Gasteiger partial charge is 0.339 e. The van der Waals surface area contributed by atoms with Gasteiger partial charge in [-0.05, 0) is 38.0 Å². The fourth-order valence-electron chi connectivity index (χ4n) is 2.98. The molecule has 6 heteroatoms. The third kappa shape index (κ3) is 3.16. The van der Waals surface area contributed by atoms with E-state index >= 15 is 0 Å². The Morgan fingerprint density at radius 2 is 2.12 bits per heavy atom. The van der Waals surface area contributed by atoms with Crippen LogP contribution in [0.5, 0.6) is 0 Å². The molecule has 0 aliphatic carbocycles. The van der Waals surface area contributed by atoms with Gasteiger partial charge >= 0.3 is 5.97 Å². The number of nitrogens with zero attached hydrogens (tertiary/aromatic N) is 3. The number of aromatic nitrogens is 2. The molecule has 1 aromatic carbocycles. The van der Waals surface area contributed by atoms with E-state index in [1.165, 1.54) is 6.92 Å². The normalized spacial score (nSPS) is 15.7. The molecule has 1 aliphatic heterocycles. The first kappa shape index (κ1) is 16.2. The first-order valence-electron chi connectivity index (χ1n) is 8.24. The summed E-state index contributed by atoms with van der Waals surface area (Å²) in [5, 5.41) is 9.24. The van der Waals surface area contributed by atoms with Gasteiger partial charge in [0.2, 0.25) is 0 Å². The van der Waals surface area contributed by atoms with E-state index in [2.05, 4.69) is 4.98 Å². The highest BCUT2D eigenvalue weighted by atomic mass is 16.5. The van der Waals surface area contributed by atoms with Crippen molar-refractivity contribution in [3.8, 4) is 6.07 Å². The zero-order chi connectivity index (χ0) is 17.1. The van der Waals surface area contributed by atoms with Gasteiger partial charge < -0.3 is 4.74 Å². The van der Waals surface area contributed by atoms with Crippen molar-refractivity contribution in [1.82, 2.24) is 9.55 Å². The molecule has 0 saturated carbocycles. The summed E-state index contributed by atoms with van der Waals surface area (Å²) in [6, 6.07) is 6.59.